The fraction of sp³-hybridized carbons (Fsp3) is 0.364. The minimum absolute atomic E-state index is 0.0690. The van der Waals surface area contributed by atoms with Crippen molar-refractivity contribution in [2.75, 3.05) is 6.54 Å². The monoisotopic (exact) mass is 193 g/mol. The number of rotatable bonds is 2. The number of carbonyl (C=O) groups excluding carboxylic acids is 1. The summed E-state index contributed by atoms with van der Waals surface area (Å²) in [5.74, 6) is 0.0220. The van der Waals surface area contributed by atoms with E-state index in [1.54, 1.807) is 12.1 Å². The van der Waals surface area contributed by atoms with Gasteiger partial charge in [-0.05, 0) is 24.1 Å². The first-order valence-corrected chi connectivity index (χ1v) is 4.76. The van der Waals surface area contributed by atoms with Gasteiger partial charge in [0.05, 0.1) is 6.04 Å². The molecule has 1 fully saturated rings. The Labute approximate surface area is 82.1 Å². The number of Topliss-reactive ketones (excluding diaryl/α,β-unsaturated/α-hetero) is 1. The molecule has 0 spiro atoms. The topological polar surface area (TPSA) is 29.1 Å². The van der Waals surface area contributed by atoms with E-state index < -0.39 is 0 Å². The van der Waals surface area contributed by atoms with E-state index in [0.29, 0.717) is 12.8 Å². The van der Waals surface area contributed by atoms with Crippen LogP contribution in [0.2, 0.25) is 0 Å². The van der Waals surface area contributed by atoms with E-state index in [0.717, 1.165) is 12.1 Å². The highest BCUT2D eigenvalue weighted by molar-refractivity contribution is 5.86. The van der Waals surface area contributed by atoms with Gasteiger partial charge in [-0.2, -0.15) is 0 Å². The molecular formula is C11H12FNO. The highest BCUT2D eigenvalue weighted by Gasteiger charge is 2.23. The van der Waals surface area contributed by atoms with Gasteiger partial charge in [-0.15, -0.1) is 0 Å². The van der Waals surface area contributed by atoms with Crippen LogP contribution in [0.1, 0.15) is 12.0 Å². The average Bonchev–Trinajstić information content (AvgIpc) is 2.56. The molecule has 1 atom stereocenters. The fourth-order valence-electron chi connectivity index (χ4n) is 1.70. The zero-order valence-electron chi connectivity index (χ0n) is 7.79. The largest absolute Gasteiger partial charge is 0.307 e. The zero-order chi connectivity index (χ0) is 9.97. The lowest BCUT2D eigenvalue weighted by Gasteiger charge is -2.08. The normalized spacial score (nSPS) is 21.5. The third-order valence-electron chi connectivity index (χ3n) is 2.50. The number of carbonyl (C=O) groups is 1. The van der Waals surface area contributed by atoms with Crippen molar-refractivity contribution in [3.8, 4) is 0 Å². The van der Waals surface area contributed by atoms with Crippen LogP contribution in [0.15, 0.2) is 24.3 Å². The van der Waals surface area contributed by atoms with Gasteiger partial charge in [0.15, 0.2) is 5.78 Å². The lowest BCUT2D eigenvalue weighted by molar-refractivity contribution is -0.118. The molecule has 1 aromatic carbocycles. The molecule has 1 heterocycles. The van der Waals surface area contributed by atoms with Crippen molar-refractivity contribution < 1.29 is 9.18 Å². The second kappa shape index (κ2) is 3.88. The number of halogens is 1. The molecule has 1 aliphatic rings. The summed E-state index contributed by atoms with van der Waals surface area (Å²) in [4.78, 5) is 11.3. The molecule has 2 nitrogen and oxygen atoms in total. The predicted molar refractivity (Wildman–Crippen MR) is 51.5 cm³/mol. The molecule has 1 saturated heterocycles. The Morgan fingerprint density at radius 3 is 2.64 bits per heavy atom. The minimum Gasteiger partial charge on any atom is -0.307 e. The standard InChI is InChI=1S/C11H12FNO/c12-9-3-1-8(2-4-9)7-10-11(14)5-6-13-10/h1-4,10,13H,5-7H2. The van der Waals surface area contributed by atoms with E-state index in [-0.39, 0.29) is 17.6 Å². The van der Waals surface area contributed by atoms with Crippen molar-refractivity contribution in [2.24, 2.45) is 0 Å². The van der Waals surface area contributed by atoms with Crippen molar-refractivity contribution >= 4 is 5.78 Å². The summed E-state index contributed by atoms with van der Waals surface area (Å²) in [7, 11) is 0. The van der Waals surface area contributed by atoms with Crippen LogP contribution in [0.3, 0.4) is 0 Å². The Hall–Kier alpha value is -1.22. The predicted octanol–water partition coefficient (Wildman–Crippen LogP) is 1.30. The summed E-state index contributed by atoms with van der Waals surface area (Å²) in [5, 5.41) is 3.13. The van der Waals surface area contributed by atoms with Crippen LogP contribution < -0.4 is 5.32 Å². The van der Waals surface area contributed by atoms with E-state index in [2.05, 4.69) is 5.32 Å². The van der Waals surface area contributed by atoms with Gasteiger partial charge in [0.25, 0.3) is 0 Å². The number of hydrogen-bond donors (Lipinski definition) is 1. The van der Waals surface area contributed by atoms with Crippen molar-refractivity contribution in [1.29, 1.82) is 0 Å². The minimum atomic E-state index is -0.237. The van der Waals surface area contributed by atoms with Crippen LogP contribution in [-0.2, 0) is 11.2 Å². The van der Waals surface area contributed by atoms with Gasteiger partial charge in [0.2, 0.25) is 0 Å². The third kappa shape index (κ3) is 1.99. The number of hydrogen-bond acceptors (Lipinski definition) is 2. The maximum absolute atomic E-state index is 12.6. The Morgan fingerprint density at radius 2 is 2.07 bits per heavy atom. The molecule has 0 aromatic heterocycles. The maximum atomic E-state index is 12.6. The van der Waals surface area contributed by atoms with E-state index in [9.17, 15) is 9.18 Å². The van der Waals surface area contributed by atoms with Crippen molar-refractivity contribution in [1.82, 2.24) is 5.32 Å². The Kier molecular flexibility index (Phi) is 2.59. The molecule has 1 aliphatic heterocycles. The Bertz CT molecular complexity index is 334. The van der Waals surface area contributed by atoms with Gasteiger partial charge < -0.3 is 5.32 Å². The first-order valence-electron chi connectivity index (χ1n) is 4.76. The summed E-state index contributed by atoms with van der Waals surface area (Å²) in [5.41, 5.74) is 0.999. The first-order chi connectivity index (χ1) is 6.75. The molecule has 0 bridgehead atoms. The van der Waals surface area contributed by atoms with Crippen LogP contribution in [0, 0.1) is 5.82 Å². The van der Waals surface area contributed by atoms with Crippen LogP contribution >= 0.6 is 0 Å². The summed E-state index contributed by atoms with van der Waals surface area (Å²) < 4.78 is 12.6. The van der Waals surface area contributed by atoms with Gasteiger partial charge in [0, 0.05) is 13.0 Å². The van der Waals surface area contributed by atoms with Gasteiger partial charge >= 0.3 is 0 Å². The molecule has 2 rings (SSSR count). The second-order valence-electron chi connectivity index (χ2n) is 3.55. The van der Waals surface area contributed by atoms with Gasteiger partial charge in [-0.1, -0.05) is 12.1 Å². The van der Waals surface area contributed by atoms with Crippen LogP contribution in [0.25, 0.3) is 0 Å². The average molecular weight is 193 g/mol. The Balaban J connectivity index is 2.03. The highest BCUT2D eigenvalue weighted by atomic mass is 19.1. The molecule has 1 aromatic rings. The number of nitrogens with one attached hydrogen (secondary N) is 1. The zero-order valence-corrected chi connectivity index (χ0v) is 7.79. The highest BCUT2D eigenvalue weighted by Crippen LogP contribution is 2.10. The van der Waals surface area contributed by atoms with Crippen LogP contribution in [-0.4, -0.2) is 18.4 Å². The summed E-state index contributed by atoms with van der Waals surface area (Å²) in [6, 6.07) is 6.23. The van der Waals surface area contributed by atoms with Gasteiger partial charge in [0.1, 0.15) is 5.82 Å². The molecule has 14 heavy (non-hydrogen) atoms. The molecule has 3 heteroatoms. The smallest absolute Gasteiger partial charge is 0.151 e. The summed E-state index contributed by atoms with van der Waals surface area (Å²) in [6.45, 7) is 0.769. The fourth-order valence-corrected chi connectivity index (χ4v) is 1.70. The summed E-state index contributed by atoms with van der Waals surface area (Å²) >= 11 is 0. The maximum Gasteiger partial charge on any atom is 0.151 e. The molecule has 1 unspecified atom stereocenters. The molecule has 74 valence electrons. The van der Waals surface area contributed by atoms with E-state index in [4.69, 9.17) is 0 Å². The number of benzene rings is 1. The molecular weight excluding hydrogens is 181 g/mol. The lowest BCUT2D eigenvalue weighted by atomic mass is 10.0. The SMILES string of the molecule is O=C1CCNC1Cc1ccc(F)cc1. The van der Waals surface area contributed by atoms with E-state index in [1.165, 1.54) is 12.1 Å². The van der Waals surface area contributed by atoms with Crippen molar-refractivity contribution in [3.05, 3.63) is 35.6 Å². The van der Waals surface area contributed by atoms with Crippen molar-refractivity contribution in [2.45, 2.75) is 18.9 Å². The van der Waals surface area contributed by atoms with E-state index >= 15 is 0 Å². The van der Waals surface area contributed by atoms with Gasteiger partial charge in [-0.3, -0.25) is 4.79 Å². The molecule has 0 saturated carbocycles. The lowest BCUT2D eigenvalue weighted by Crippen LogP contribution is -2.29. The molecule has 0 radical (unpaired) electrons. The quantitative estimate of drug-likeness (QED) is 0.767. The van der Waals surface area contributed by atoms with Crippen molar-refractivity contribution in [3.63, 3.8) is 0 Å². The van der Waals surface area contributed by atoms with E-state index in [1.807, 2.05) is 0 Å². The summed E-state index contributed by atoms with van der Waals surface area (Å²) in [6.07, 6.45) is 1.28. The molecule has 1 N–H and O–H groups in total. The first kappa shape index (κ1) is 9.34. The molecule has 0 aliphatic carbocycles. The van der Waals surface area contributed by atoms with Gasteiger partial charge in [-0.25, -0.2) is 4.39 Å². The van der Waals surface area contributed by atoms with Crippen LogP contribution in [0.4, 0.5) is 4.39 Å². The molecule has 0 amide bonds. The number of ketones is 1. The third-order valence-corrected chi connectivity index (χ3v) is 2.50. The second-order valence-corrected chi connectivity index (χ2v) is 3.55. The Morgan fingerprint density at radius 1 is 1.36 bits per heavy atom. The van der Waals surface area contributed by atoms with Crippen LogP contribution in [0.5, 0.6) is 0 Å².